The Morgan fingerprint density at radius 2 is 2.40 bits per heavy atom. The molecule has 15 heavy (non-hydrogen) atoms. The number of nitrogens with one attached hydrogen (secondary N) is 1. The number of hydrogen-bond acceptors (Lipinski definition) is 2. The van der Waals surface area contributed by atoms with E-state index in [2.05, 4.69) is 17.1 Å². The van der Waals surface area contributed by atoms with Crippen molar-refractivity contribution in [1.82, 2.24) is 10.2 Å². The highest BCUT2D eigenvalue weighted by molar-refractivity contribution is 5.78. The summed E-state index contributed by atoms with van der Waals surface area (Å²) >= 11 is 0. The van der Waals surface area contributed by atoms with Crippen molar-refractivity contribution in [2.45, 2.75) is 32.6 Å². The number of rotatable bonds is 3. The van der Waals surface area contributed by atoms with Crippen LogP contribution in [0.4, 0.5) is 0 Å². The molecule has 3 heteroatoms. The molecule has 2 atom stereocenters. The molecule has 2 rings (SSSR count). The molecule has 0 aromatic rings. The zero-order valence-electron chi connectivity index (χ0n) is 9.67. The van der Waals surface area contributed by atoms with Gasteiger partial charge in [-0.3, -0.25) is 4.79 Å². The third-order valence-electron chi connectivity index (χ3n) is 3.61. The number of piperidine rings is 1. The van der Waals surface area contributed by atoms with Gasteiger partial charge in [0.1, 0.15) is 0 Å². The van der Waals surface area contributed by atoms with Crippen molar-refractivity contribution >= 4 is 5.91 Å². The minimum Gasteiger partial charge on any atom is -0.342 e. The van der Waals surface area contributed by atoms with Gasteiger partial charge in [0.15, 0.2) is 0 Å². The number of carbonyl (C=O) groups is 1. The van der Waals surface area contributed by atoms with E-state index in [1.165, 1.54) is 25.8 Å². The molecule has 0 radical (unpaired) electrons. The Morgan fingerprint density at radius 3 is 3.00 bits per heavy atom. The maximum absolute atomic E-state index is 11.6. The number of likely N-dealkylation sites (tertiary alicyclic amines) is 1. The Labute approximate surface area is 92.2 Å². The molecule has 0 bridgehead atoms. The van der Waals surface area contributed by atoms with Crippen LogP contribution in [0.15, 0.2) is 0 Å². The quantitative estimate of drug-likeness (QED) is 0.760. The second kappa shape index (κ2) is 4.97. The van der Waals surface area contributed by atoms with Crippen LogP contribution in [0.1, 0.15) is 32.6 Å². The first kappa shape index (κ1) is 10.9. The van der Waals surface area contributed by atoms with Crippen molar-refractivity contribution in [3.8, 4) is 0 Å². The Hall–Kier alpha value is -0.570. The van der Waals surface area contributed by atoms with Crippen LogP contribution in [-0.4, -0.2) is 37.0 Å². The van der Waals surface area contributed by atoms with E-state index < -0.39 is 0 Å². The molecular formula is C12H22N2O. The van der Waals surface area contributed by atoms with Gasteiger partial charge in [-0.05, 0) is 44.2 Å². The second-order valence-corrected chi connectivity index (χ2v) is 5.15. The fourth-order valence-corrected chi connectivity index (χ4v) is 2.69. The fraction of sp³-hybridized carbons (Fsp3) is 0.917. The molecule has 2 unspecified atom stereocenters. The van der Waals surface area contributed by atoms with Crippen LogP contribution in [-0.2, 0) is 4.79 Å². The zero-order chi connectivity index (χ0) is 10.7. The van der Waals surface area contributed by atoms with E-state index in [0.29, 0.717) is 11.8 Å². The second-order valence-electron chi connectivity index (χ2n) is 5.15. The lowest BCUT2D eigenvalue weighted by Gasteiger charge is -2.25. The van der Waals surface area contributed by atoms with Crippen LogP contribution in [0.5, 0.6) is 0 Å². The standard InChI is InChI=1S/C12H22N2O/c1-10-7-12(15)14(9-10)6-4-11-3-2-5-13-8-11/h10-11,13H,2-9H2,1H3. The van der Waals surface area contributed by atoms with Gasteiger partial charge in [0.25, 0.3) is 0 Å². The molecular weight excluding hydrogens is 188 g/mol. The van der Waals surface area contributed by atoms with Gasteiger partial charge in [0.2, 0.25) is 5.91 Å². The van der Waals surface area contributed by atoms with Gasteiger partial charge < -0.3 is 10.2 Å². The van der Waals surface area contributed by atoms with Gasteiger partial charge >= 0.3 is 0 Å². The zero-order valence-corrected chi connectivity index (χ0v) is 9.67. The van der Waals surface area contributed by atoms with E-state index in [1.54, 1.807) is 0 Å². The van der Waals surface area contributed by atoms with Crippen LogP contribution in [0.3, 0.4) is 0 Å². The third kappa shape index (κ3) is 2.94. The van der Waals surface area contributed by atoms with Crippen molar-refractivity contribution < 1.29 is 4.79 Å². The summed E-state index contributed by atoms with van der Waals surface area (Å²) in [5.74, 6) is 1.73. The van der Waals surface area contributed by atoms with Crippen LogP contribution < -0.4 is 5.32 Å². The lowest BCUT2D eigenvalue weighted by atomic mass is 9.96. The highest BCUT2D eigenvalue weighted by Gasteiger charge is 2.26. The molecule has 2 fully saturated rings. The van der Waals surface area contributed by atoms with Crippen molar-refractivity contribution in [2.75, 3.05) is 26.2 Å². The summed E-state index contributed by atoms with van der Waals surface area (Å²) in [4.78, 5) is 13.6. The van der Waals surface area contributed by atoms with E-state index in [1.807, 2.05) is 0 Å². The summed E-state index contributed by atoms with van der Waals surface area (Å²) in [7, 11) is 0. The van der Waals surface area contributed by atoms with Crippen LogP contribution in [0, 0.1) is 11.8 Å². The maximum Gasteiger partial charge on any atom is 0.222 e. The predicted molar refractivity (Wildman–Crippen MR) is 60.6 cm³/mol. The highest BCUT2D eigenvalue weighted by Crippen LogP contribution is 2.20. The highest BCUT2D eigenvalue weighted by atomic mass is 16.2. The molecule has 0 spiro atoms. The van der Waals surface area contributed by atoms with Crippen LogP contribution >= 0.6 is 0 Å². The molecule has 2 aliphatic rings. The summed E-state index contributed by atoms with van der Waals surface area (Å²) in [6, 6.07) is 0. The summed E-state index contributed by atoms with van der Waals surface area (Å²) < 4.78 is 0. The number of amides is 1. The number of hydrogen-bond donors (Lipinski definition) is 1. The van der Waals surface area contributed by atoms with Crippen LogP contribution in [0.25, 0.3) is 0 Å². The predicted octanol–water partition coefficient (Wildman–Crippen LogP) is 1.24. The first-order valence-corrected chi connectivity index (χ1v) is 6.24. The average Bonchev–Trinajstić information content (AvgIpc) is 2.56. The van der Waals surface area contributed by atoms with E-state index in [9.17, 15) is 4.79 Å². The molecule has 1 N–H and O–H groups in total. The lowest BCUT2D eigenvalue weighted by Crippen LogP contribution is -2.33. The van der Waals surface area contributed by atoms with Gasteiger partial charge in [0.05, 0.1) is 0 Å². The normalized spacial score (nSPS) is 32.3. The summed E-state index contributed by atoms with van der Waals surface area (Å²) in [5, 5.41) is 3.43. The van der Waals surface area contributed by atoms with Gasteiger partial charge in [-0.25, -0.2) is 0 Å². The molecule has 0 aliphatic carbocycles. The van der Waals surface area contributed by atoms with E-state index in [0.717, 1.165) is 32.0 Å². The molecule has 2 heterocycles. The first-order chi connectivity index (χ1) is 7.25. The summed E-state index contributed by atoms with van der Waals surface area (Å²) in [6.45, 7) is 6.46. The maximum atomic E-state index is 11.6. The number of nitrogens with zero attached hydrogens (tertiary/aromatic N) is 1. The van der Waals surface area contributed by atoms with Gasteiger partial charge in [-0.2, -0.15) is 0 Å². The molecule has 2 saturated heterocycles. The third-order valence-corrected chi connectivity index (χ3v) is 3.61. The Morgan fingerprint density at radius 1 is 1.53 bits per heavy atom. The SMILES string of the molecule is CC1CC(=O)N(CCC2CCCNC2)C1. The number of carbonyl (C=O) groups excluding carboxylic acids is 1. The van der Waals surface area contributed by atoms with Gasteiger partial charge in [-0.1, -0.05) is 6.92 Å². The van der Waals surface area contributed by atoms with Crippen molar-refractivity contribution in [3.63, 3.8) is 0 Å². The Balaban J connectivity index is 1.70. The Kier molecular flexibility index (Phi) is 3.62. The monoisotopic (exact) mass is 210 g/mol. The van der Waals surface area contributed by atoms with Crippen molar-refractivity contribution in [2.24, 2.45) is 11.8 Å². The fourth-order valence-electron chi connectivity index (χ4n) is 2.69. The smallest absolute Gasteiger partial charge is 0.222 e. The molecule has 86 valence electrons. The molecule has 0 aromatic carbocycles. The molecule has 0 saturated carbocycles. The van der Waals surface area contributed by atoms with E-state index >= 15 is 0 Å². The van der Waals surface area contributed by atoms with Crippen molar-refractivity contribution in [1.29, 1.82) is 0 Å². The molecule has 2 aliphatic heterocycles. The van der Waals surface area contributed by atoms with Gasteiger partial charge in [0, 0.05) is 19.5 Å². The van der Waals surface area contributed by atoms with E-state index in [4.69, 9.17) is 0 Å². The minimum absolute atomic E-state index is 0.367. The topological polar surface area (TPSA) is 32.3 Å². The van der Waals surface area contributed by atoms with Crippen molar-refractivity contribution in [3.05, 3.63) is 0 Å². The lowest BCUT2D eigenvalue weighted by molar-refractivity contribution is -0.127. The molecule has 3 nitrogen and oxygen atoms in total. The summed E-state index contributed by atoms with van der Waals surface area (Å²) in [5.41, 5.74) is 0. The minimum atomic E-state index is 0.367. The Bertz CT molecular complexity index is 224. The van der Waals surface area contributed by atoms with Crippen LogP contribution in [0.2, 0.25) is 0 Å². The molecule has 1 amide bonds. The average molecular weight is 210 g/mol. The summed E-state index contributed by atoms with van der Waals surface area (Å²) in [6.07, 6.45) is 4.59. The molecule has 0 aromatic heterocycles. The first-order valence-electron chi connectivity index (χ1n) is 6.24. The van der Waals surface area contributed by atoms with E-state index in [-0.39, 0.29) is 0 Å². The van der Waals surface area contributed by atoms with Gasteiger partial charge in [-0.15, -0.1) is 0 Å². The largest absolute Gasteiger partial charge is 0.342 e.